The zero-order valence-corrected chi connectivity index (χ0v) is 14.0. The first kappa shape index (κ1) is 19.6. The van der Waals surface area contributed by atoms with Crippen LogP contribution in [0.3, 0.4) is 0 Å². The maximum atomic E-state index is 12.0. The molecule has 1 amide bonds. The van der Waals surface area contributed by atoms with Crippen LogP contribution in [0.1, 0.15) is 33.6 Å². The van der Waals surface area contributed by atoms with Crippen LogP contribution in [0.15, 0.2) is 0 Å². The highest BCUT2D eigenvalue weighted by Gasteiger charge is 2.42. The summed E-state index contributed by atoms with van der Waals surface area (Å²) in [5.41, 5.74) is 5.22. The van der Waals surface area contributed by atoms with E-state index in [0.29, 0.717) is 25.6 Å². The first-order valence-corrected chi connectivity index (χ1v) is 8.39. The number of hydrogen-bond acceptors (Lipinski definition) is 4. The first-order chi connectivity index (χ1) is 8.79. The minimum absolute atomic E-state index is 0. The second kappa shape index (κ2) is 7.59. The summed E-state index contributed by atoms with van der Waals surface area (Å²) in [5.74, 6) is -0.596. The van der Waals surface area contributed by atoms with Crippen molar-refractivity contribution in [2.45, 2.75) is 39.2 Å². The fourth-order valence-electron chi connectivity index (χ4n) is 2.27. The van der Waals surface area contributed by atoms with Gasteiger partial charge in [0.15, 0.2) is 0 Å². The molecule has 1 atom stereocenters. The molecule has 3 N–H and O–H groups in total. The van der Waals surface area contributed by atoms with Crippen molar-refractivity contribution in [3.8, 4) is 0 Å². The summed E-state index contributed by atoms with van der Waals surface area (Å²) in [6.45, 7) is 6.48. The summed E-state index contributed by atoms with van der Waals surface area (Å²) in [4.78, 5) is 11.9. The molecule has 0 saturated heterocycles. The van der Waals surface area contributed by atoms with Crippen molar-refractivity contribution in [3.63, 3.8) is 0 Å². The second-order valence-electron chi connectivity index (χ2n) is 5.28. The van der Waals surface area contributed by atoms with Crippen LogP contribution in [-0.4, -0.2) is 49.6 Å². The smallest absolute Gasteiger partial charge is 0.237 e. The van der Waals surface area contributed by atoms with Crippen molar-refractivity contribution in [2.75, 3.05) is 25.4 Å². The summed E-state index contributed by atoms with van der Waals surface area (Å²) in [6.07, 6.45) is 2.08. The van der Waals surface area contributed by atoms with Crippen molar-refractivity contribution in [1.29, 1.82) is 0 Å². The van der Waals surface area contributed by atoms with Crippen LogP contribution in [0.5, 0.6) is 0 Å². The van der Waals surface area contributed by atoms with E-state index in [-0.39, 0.29) is 12.4 Å². The molecule has 8 heteroatoms. The molecule has 1 aliphatic rings. The number of nitrogens with one attached hydrogen (secondary N) is 1. The molecular formula is C12H26ClN3O3S. The van der Waals surface area contributed by atoms with Crippen molar-refractivity contribution in [1.82, 2.24) is 9.62 Å². The number of carbonyl (C=O) groups is 1. The van der Waals surface area contributed by atoms with E-state index in [1.165, 1.54) is 4.31 Å². The lowest BCUT2D eigenvalue weighted by Gasteiger charge is -2.30. The van der Waals surface area contributed by atoms with Crippen LogP contribution < -0.4 is 11.1 Å². The van der Waals surface area contributed by atoms with Gasteiger partial charge in [0.05, 0.1) is 5.54 Å². The van der Waals surface area contributed by atoms with Gasteiger partial charge in [-0.1, -0.05) is 13.8 Å². The van der Waals surface area contributed by atoms with E-state index in [4.69, 9.17) is 5.73 Å². The van der Waals surface area contributed by atoms with Gasteiger partial charge in [0.25, 0.3) is 0 Å². The predicted octanol–water partition coefficient (Wildman–Crippen LogP) is 0.323. The van der Waals surface area contributed by atoms with E-state index in [1.807, 2.05) is 6.92 Å². The van der Waals surface area contributed by atoms with Gasteiger partial charge in [0.1, 0.15) is 5.75 Å². The zero-order valence-electron chi connectivity index (χ0n) is 12.4. The Balaban J connectivity index is 0.00000361. The molecule has 1 unspecified atom stereocenters. The normalized spacial score (nSPS) is 18.2. The third-order valence-electron chi connectivity index (χ3n) is 3.74. The van der Waals surface area contributed by atoms with E-state index in [2.05, 4.69) is 5.32 Å². The quantitative estimate of drug-likeness (QED) is 0.671. The van der Waals surface area contributed by atoms with Crippen LogP contribution in [0.25, 0.3) is 0 Å². The third-order valence-corrected chi connectivity index (χ3v) is 5.67. The van der Waals surface area contributed by atoms with Gasteiger partial charge in [-0.15, -0.1) is 12.4 Å². The molecule has 0 aromatic heterocycles. The van der Waals surface area contributed by atoms with Crippen LogP contribution in [0, 0.1) is 5.92 Å². The Morgan fingerprint density at radius 1 is 1.35 bits per heavy atom. The third kappa shape index (κ3) is 4.87. The second-order valence-corrected chi connectivity index (χ2v) is 7.25. The fourth-order valence-corrected chi connectivity index (χ4v) is 3.64. The molecule has 1 aliphatic carbocycles. The maximum Gasteiger partial charge on any atom is 0.237 e. The predicted molar refractivity (Wildman–Crippen MR) is 82.3 cm³/mol. The number of halogens is 1. The fraction of sp³-hybridized carbons (Fsp3) is 0.917. The van der Waals surface area contributed by atoms with Crippen LogP contribution in [0.4, 0.5) is 0 Å². The monoisotopic (exact) mass is 327 g/mol. The van der Waals surface area contributed by atoms with Gasteiger partial charge in [0.2, 0.25) is 15.9 Å². The van der Waals surface area contributed by atoms with Crippen molar-refractivity contribution in [2.24, 2.45) is 11.7 Å². The molecule has 1 fully saturated rings. The lowest BCUT2D eigenvalue weighted by Crippen LogP contribution is -2.55. The molecule has 0 aliphatic heterocycles. The number of rotatable bonds is 8. The van der Waals surface area contributed by atoms with Crippen LogP contribution in [-0.2, 0) is 14.8 Å². The Kier molecular flexibility index (Phi) is 7.44. The van der Waals surface area contributed by atoms with Gasteiger partial charge in [-0.3, -0.25) is 4.79 Å². The Morgan fingerprint density at radius 2 is 1.85 bits per heavy atom. The summed E-state index contributed by atoms with van der Waals surface area (Å²) in [6, 6.07) is 0. The minimum Gasteiger partial charge on any atom is -0.348 e. The minimum atomic E-state index is -3.53. The van der Waals surface area contributed by atoms with Crippen molar-refractivity contribution >= 4 is 28.3 Å². The van der Waals surface area contributed by atoms with Crippen molar-refractivity contribution in [3.05, 3.63) is 0 Å². The molecule has 1 rings (SSSR count). The van der Waals surface area contributed by atoms with E-state index in [1.54, 1.807) is 13.8 Å². The SMILES string of the molecule is CCN(CC)S(=O)(=O)CC(=O)NC(C)(CN)C1CC1.Cl. The standard InChI is InChI=1S/C12H25N3O3S.ClH/c1-4-15(5-2)19(17,18)8-11(16)14-12(3,9-13)10-6-7-10;/h10H,4-9,13H2,1-3H3,(H,14,16);1H. The summed E-state index contributed by atoms with van der Waals surface area (Å²) in [7, 11) is -3.53. The number of sulfonamides is 1. The van der Waals surface area contributed by atoms with Crippen molar-refractivity contribution < 1.29 is 13.2 Å². The highest BCUT2D eigenvalue weighted by Crippen LogP contribution is 2.38. The zero-order chi connectivity index (χ0) is 14.7. The first-order valence-electron chi connectivity index (χ1n) is 6.78. The van der Waals surface area contributed by atoms with Gasteiger partial charge in [-0.2, -0.15) is 0 Å². The molecule has 0 aromatic carbocycles. The van der Waals surface area contributed by atoms with E-state index in [9.17, 15) is 13.2 Å². The number of nitrogens with two attached hydrogens (primary N) is 1. The van der Waals surface area contributed by atoms with Crippen LogP contribution >= 0.6 is 12.4 Å². The topological polar surface area (TPSA) is 92.5 Å². The number of carbonyl (C=O) groups excluding carboxylic acids is 1. The van der Waals surface area contributed by atoms with E-state index < -0.39 is 27.2 Å². The largest absolute Gasteiger partial charge is 0.348 e. The highest BCUT2D eigenvalue weighted by atomic mass is 35.5. The average molecular weight is 328 g/mol. The van der Waals surface area contributed by atoms with E-state index >= 15 is 0 Å². The molecule has 0 spiro atoms. The lowest BCUT2D eigenvalue weighted by atomic mass is 9.96. The Labute approximate surface area is 127 Å². The number of amides is 1. The summed E-state index contributed by atoms with van der Waals surface area (Å²) < 4.78 is 25.3. The lowest BCUT2D eigenvalue weighted by molar-refractivity contribution is -0.120. The molecule has 0 bridgehead atoms. The maximum absolute atomic E-state index is 12.0. The molecule has 20 heavy (non-hydrogen) atoms. The number of nitrogens with zero attached hydrogens (tertiary/aromatic N) is 1. The Hall–Kier alpha value is -0.370. The number of hydrogen-bond donors (Lipinski definition) is 2. The van der Waals surface area contributed by atoms with Crippen LogP contribution in [0.2, 0.25) is 0 Å². The summed E-state index contributed by atoms with van der Waals surface area (Å²) >= 11 is 0. The molecule has 120 valence electrons. The van der Waals surface area contributed by atoms with E-state index in [0.717, 1.165) is 12.8 Å². The van der Waals surface area contributed by atoms with Gasteiger partial charge in [0, 0.05) is 19.6 Å². The molecule has 1 saturated carbocycles. The average Bonchev–Trinajstić information content (AvgIpc) is 3.12. The Bertz CT molecular complexity index is 422. The summed E-state index contributed by atoms with van der Waals surface area (Å²) in [5, 5.41) is 2.79. The molecular weight excluding hydrogens is 302 g/mol. The van der Waals surface area contributed by atoms with Gasteiger partial charge in [-0.25, -0.2) is 12.7 Å². The molecule has 6 nitrogen and oxygen atoms in total. The van der Waals surface area contributed by atoms with Gasteiger partial charge >= 0.3 is 0 Å². The Morgan fingerprint density at radius 3 is 2.20 bits per heavy atom. The molecule has 0 aromatic rings. The molecule has 0 radical (unpaired) electrons. The molecule has 0 heterocycles. The van der Waals surface area contributed by atoms with Gasteiger partial charge < -0.3 is 11.1 Å². The highest BCUT2D eigenvalue weighted by molar-refractivity contribution is 7.89. The van der Waals surface area contributed by atoms with Gasteiger partial charge in [-0.05, 0) is 25.7 Å².